The van der Waals surface area contributed by atoms with Crippen LogP contribution in [-0.4, -0.2) is 41.4 Å². The van der Waals surface area contributed by atoms with Crippen LogP contribution < -0.4 is 9.80 Å². The molecular weight excluding hydrogens is 371 g/mol. The minimum absolute atomic E-state index is 0.351. The zero-order valence-electron chi connectivity index (χ0n) is 17.7. The van der Waals surface area contributed by atoms with Crippen LogP contribution in [0.2, 0.25) is 0 Å². The normalized spacial score (nSPS) is 13.8. The van der Waals surface area contributed by atoms with Crippen molar-refractivity contribution in [3.05, 3.63) is 58.7 Å². The SMILES string of the molecule is CCOP(=O)(OCC)C1c2ccc(N(C)C)cc2Cc2cc(N(C)C)ccc21. The topological polar surface area (TPSA) is 42.0 Å². The van der Waals surface area contributed by atoms with E-state index in [-0.39, 0.29) is 0 Å². The summed E-state index contributed by atoms with van der Waals surface area (Å²) >= 11 is 0. The van der Waals surface area contributed by atoms with Crippen molar-refractivity contribution >= 4 is 19.0 Å². The number of anilines is 2. The van der Waals surface area contributed by atoms with Gasteiger partial charge in [0.1, 0.15) is 5.66 Å². The van der Waals surface area contributed by atoms with Gasteiger partial charge in [-0.2, -0.15) is 0 Å². The smallest absolute Gasteiger partial charge is 0.342 e. The number of rotatable bonds is 7. The summed E-state index contributed by atoms with van der Waals surface area (Å²) in [6, 6.07) is 12.7. The number of hydrogen-bond donors (Lipinski definition) is 0. The van der Waals surface area contributed by atoms with E-state index in [0.29, 0.717) is 13.2 Å². The van der Waals surface area contributed by atoms with E-state index >= 15 is 0 Å². The Morgan fingerprint density at radius 1 is 0.857 bits per heavy atom. The van der Waals surface area contributed by atoms with E-state index < -0.39 is 13.3 Å². The molecule has 152 valence electrons. The van der Waals surface area contributed by atoms with E-state index in [0.717, 1.165) is 28.9 Å². The molecule has 0 fully saturated rings. The molecule has 0 aliphatic heterocycles. The molecule has 0 bridgehead atoms. The van der Waals surface area contributed by atoms with Gasteiger partial charge >= 0.3 is 7.60 Å². The molecular formula is C22H31N2O3P. The second kappa shape index (κ2) is 8.28. The van der Waals surface area contributed by atoms with Crippen LogP contribution in [-0.2, 0) is 20.0 Å². The zero-order chi connectivity index (χ0) is 20.5. The van der Waals surface area contributed by atoms with Crippen molar-refractivity contribution in [2.24, 2.45) is 0 Å². The van der Waals surface area contributed by atoms with Gasteiger partial charge in [-0.15, -0.1) is 0 Å². The molecule has 0 aromatic heterocycles. The molecule has 0 spiro atoms. The fraction of sp³-hybridized carbons (Fsp3) is 0.455. The average molecular weight is 402 g/mol. The Kier molecular flexibility index (Phi) is 6.18. The van der Waals surface area contributed by atoms with Gasteiger partial charge in [0.05, 0.1) is 13.2 Å². The summed E-state index contributed by atoms with van der Waals surface area (Å²) in [5.41, 5.74) is 6.30. The van der Waals surface area contributed by atoms with Crippen LogP contribution in [0.3, 0.4) is 0 Å². The summed E-state index contributed by atoms with van der Waals surface area (Å²) in [6.45, 7) is 4.43. The first kappa shape index (κ1) is 20.9. The third kappa shape index (κ3) is 3.84. The highest BCUT2D eigenvalue weighted by molar-refractivity contribution is 7.54. The maximum absolute atomic E-state index is 13.9. The van der Waals surface area contributed by atoms with Gasteiger partial charge < -0.3 is 18.8 Å². The Hall–Kier alpha value is -1.81. The molecule has 6 heteroatoms. The van der Waals surface area contributed by atoms with Crippen LogP contribution in [0.1, 0.15) is 41.8 Å². The Morgan fingerprint density at radius 2 is 1.29 bits per heavy atom. The fourth-order valence-electron chi connectivity index (χ4n) is 3.84. The van der Waals surface area contributed by atoms with Gasteiger partial charge in [-0.3, -0.25) is 4.57 Å². The number of nitrogens with zero attached hydrogens (tertiary/aromatic N) is 2. The molecule has 1 aliphatic carbocycles. The monoisotopic (exact) mass is 402 g/mol. The van der Waals surface area contributed by atoms with Crippen molar-refractivity contribution in [3.8, 4) is 0 Å². The molecule has 1 aliphatic rings. The second-order valence-corrected chi connectivity index (χ2v) is 9.62. The largest absolute Gasteiger partial charge is 0.378 e. The van der Waals surface area contributed by atoms with E-state index in [2.05, 4.69) is 46.2 Å². The van der Waals surface area contributed by atoms with Crippen LogP contribution in [0.25, 0.3) is 0 Å². The zero-order valence-corrected chi connectivity index (χ0v) is 18.6. The quantitative estimate of drug-likeness (QED) is 0.604. The molecule has 2 aromatic rings. The van der Waals surface area contributed by atoms with Gasteiger partial charge in [0.15, 0.2) is 0 Å². The van der Waals surface area contributed by atoms with E-state index in [9.17, 15) is 4.57 Å². The minimum atomic E-state index is -3.36. The van der Waals surface area contributed by atoms with E-state index in [1.165, 1.54) is 11.1 Å². The van der Waals surface area contributed by atoms with Crippen LogP contribution in [0.15, 0.2) is 36.4 Å². The predicted octanol–water partition coefficient (Wildman–Crippen LogP) is 5.08. The first-order valence-corrected chi connectivity index (χ1v) is 11.4. The van der Waals surface area contributed by atoms with Gasteiger partial charge in [0.25, 0.3) is 0 Å². The highest BCUT2D eigenvalue weighted by Gasteiger charge is 2.42. The van der Waals surface area contributed by atoms with E-state index in [1.807, 2.05) is 42.0 Å². The lowest BCUT2D eigenvalue weighted by Gasteiger charge is -2.34. The summed E-state index contributed by atoms with van der Waals surface area (Å²) in [7, 11) is 4.77. The number of fused-ring (bicyclic) bond motifs is 2. The summed E-state index contributed by atoms with van der Waals surface area (Å²) in [5.74, 6) is 0. The molecule has 3 rings (SSSR count). The van der Waals surface area contributed by atoms with Gasteiger partial charge in [-0.25, -0.2) is 0 Å². The molecule has 2 aromatic carbocycles. The summed E-state index contributed by atoms with van der Waals surface area (Å²) < 4.78 is 25.4. The van der Waals surface area contributed by atoms with Crippen LogP contribution >= 0.6 is 7.60 Å². The summed E-state index contributed by atoms with van der Waals surface area (Å²) in [4.78, 5) is 4.18. The molecule has 28 heavy (non-hydrogen) atoms. The van der Waals surface area contributed by atoms with Crippen molar-refractivity contribution in [1.82, 2.24) is 0 Å². The molecule has 0 atom stereocenters. The Balaban J connectivity index is 2.22. The fourth-order valence-corrected chi connectivity index (χ4v) is 6.12. The lowest BCUT2D eigenvalue weighted by molar-refractivity contribution is 0.214. The Bertz CT molecular complexity index is 828. The molecule has 0 saturated heterocycles. The maximum Gasteiger partial charge on any atom is 0.342 e. The lowest BCUT2D eigenvalue weighted by atomic mass is 9.85. The van der Waals surface area contributed by atoms with Gasteiger partial charge in [-0.05, 0) is 66.8 Å². The highest BCUT2D eigenvalue weighted by atomic mass is 31.2. The molecule has 0 unspecified atom stereocenters. The number of benzene rings is 2. The Labute approximate surface area is 168 Å². The van der Waals surface area contributed by atoms with Crippen molar-refractivity contribution in [1.29, 1.82) is 0 Å². The first-order chi connectivity index (χ1) is 13.3. The van der Waals surface area contributed by atoms with Crippen LogP contribution in [0.4, 0.5) is 11.4 Å². The van der Waals surface area contributed by atoms with Crippen LogP contribution in [0, 0.1) is 0 Å². The van der Waals surface area contributed by atoms with Crippen molar-refractivity contribution in [3.63, 3.8) is 0 Å². The minimum Gasteiger partial charge on any atom is -0.378 e. The van der Waals surface area contributed by atoms with Gasteiger partial charge in [0.2, 0.25) is 0 Å². The Morgan fingerprint density at radius 3 is 1.64 bits per heavy atom. The molecule has 0 amide bonds. The second-order valence-electron chi connectivity index (χ2n) is 7.51. The summed E-state index contributed by atoms with van der Waals surface area (Å²) in [6.07, 6.45) is 0.808. The first-order valence-electron chi connectivity index (χ1n) is 9.79. The van der Waals surface area contributed by atoms with E-state index in [4.69, 9.17) is 9.05 Å². The molecule has 0 radical (unpaired) electrons. The van der Waals surface area contributed by atoms with Gasteiger partial charge in [0, 0.05) is 39.6 Å². The third-order valence-corrected chi connectivity index (χ3v) is 7.62. The molecule has 0 N–H and O–H groups in total. The molecule has 0 heterocycles. The number of hydrogen-bond acceptors (Lipinski definition) is 5. The lowest BCUT2D eigenvalue weighted by Crippen LogP contribution is -2.19. The average Bonchev–Trinajstić information content (AvgIpc) is 2.65. The maximum atomic E-state index is 13.9. The van der Waals surface area contributed by atoms with Crippen molar-refractivity contribution < 1.29 is 13.6 Å². The third-order valence-electron chi connectivity index (χ3n) is 5.19. The van der Waals surface area contributed by atoms with Crippen LogP contribution in [0.5, 0.6) is 0 Å². The highest BCUT2D eigenvalue weighted by Crippen LogP contribution is 2.66. The van der Waals surface area contributed by atoms with E-state index in [1.54, 1.807) is 0 Å². The van der Waals surface area contributed by atoms with Gasteiger partial charge in [-0.1, -0.05) is 12.1 Å². The molecule has 5 nitrogen and oxygen atoms in total. The molecule has 0 saturated carbocycles. The summed E-state index contributed by atoms with van der Waals surface area (Å²) in [5, 5.41) is 0. The van der Waals surface area contributed by atoms with Crippen molar-refractivity contribution in [2.45, 2.75) is 25.9 Å². The predicted molar refractivity (Wildman–Crippen MR) is 117 cm³/mol. The van der Waals surface area contributed by atoms with Crippen molar-refractivity contribution in [2.75, 3.05) is 51.2 Å². The standard InChI is InChI=1S/C22H31N2O3P/c1-7-26-28(25,27-8-2)22-20-11-9-18(23(3)4)14-16(20)13-17-15-19(24(5)6)10-12-21(17)22/h9-12,14-15,22H,7-8,13H2,1-6H3.